The number of nitrogen functional groups attached to an aromatic ring is 1. The second-order valence-electron chi connectivity index (χ2n) is 5.14. The van der Waals surface area contributed by atoms with Gasteiger partial charge in [-0.2, -0.15) is 0 Å². The van der Waals surface area contributed by atoms with Crippen molar-refractivity contribution >= 4 is 5.69 Å². The molecule has 0 heterocycles. The second kappa shape index (κ2) is 5.89. The molecule has 0 aliphatic carbocycles. The Morgan fingerprint density at radius 1 is 0.842 bits per heavy atom. The summed E-state index contributed by atoms with van der Waals surface area (Å²) in [5, 5.41) is 3.48. The number of hydrogen-bond acceptors (Lipinski definition) is 2. The smallest absolute Gasteiger partial charge is 0.0314 e. The van der Waals surface area contributed by atoms with Crippen molar-refractivity contribution in [3.63, 3.8) is 0 Å². The zero-order chi connectivity index (χ0) is 13.8. The van der Waals surface area contributed by atoms with Gasteiger partial charge >= 0.3 is 0 Å². The summed E-state index contributed by atoms with van der Waals surface area (Å²) in [6.45, 7) is 8.31. The fourth-order valence-electron chi connectivity index (χ4n) is 2.18. The predicted molar refractivity (Wildman–Crippen MR) is 82.1 cm³/mol. The first-order valence-corrected chi connectivity index (χ1v) is 6.68. The number of anilines is 1. The first kappa shape index (κ1) is 13.6. The Balaban J connectivity index is 1.96. The van der Waals surface area contributed by atoms with E-state index in [-0.39, 0.29) is 0 Å². The van der Waals surface area contributed by atoms with Crippen LogP contribution in [0.5, 0.6) is 0 Å². The lowest BCUT2D eigenvalue weighted by Crippen LogP contribution is -2.14. The van der Waals surface area contributed by atoms with E-state index in [2.05, 4.69) is 50.4 Å². The standard InChI is InChI=1S/C17H22N2/c1-12-4-7-16(14(3)13(12)2)11-19-10-15-5-8-17(18)9-6-15/h4-9,19H,10-11,18H2,1-3H3. The predicted octanol–water partition coefficient (Wildman–Crippen LogP) is 3.48. The van der Waals surface area contributed by atoms with Gasteiger partial charge in [0, 0.05) is 18.8 Å². The van der Waals surface area contributed by atoms with Crippen LogP contribution in [0.3, 0.4) is 0 Å². The molecule has 2 heteroatoms. The van der Waals surface area contributed by atoms with Crippen LogP contribution in [0, 0.1) is 20.8 Å². The summed E-state index contributed by atoms with van der Waals surface area (Å²) in [5.74, 6) is 0. The van der Waals surface area contributed by atoms with Gasteiger partial charge in [-0.05, 0) is 60.7 Å². The van der Waals surface area contributed by atoms with Gasteiger partial charge in [0.15, 0.2) is 0 Å². The Kier molecular flexibility index (Phi) is 4.23. The van der Waals surface area contributed by atoms with Gasteiger partial charge in [-0.3, -0.25) is 0 Å². The highest BCUT2D eigenvalue weighted by atomic mass is 14.8. The van der Waals surface area contributed by atoms with Crippen molar-refractivity contribution in [2.24, 2.45) is 0 Å². The third kappa shape index (κ3) is 3.36. The highest BCUT2D eigenvalue weighted by Gasteiger charge is 2.03. The molecule has 0 saturated heterocycles. The van der Waals surface area contributed by atoms with Crippen LogP contribution in [-0.2, 0) is 13.1 Å². The molecule has 0 aliphatic rings. The van der Waals surface area contributed by atoms with Gasteiger partial charge in [-0.1, -0.05) is 24.3 Å². The van der Waals surface area contributed by atoms with Crippen LogP contribution < -0.4 is 11.1 Å². The molecule has 0 atom stereocenters. The highest BCUT2D eigenvalue weighted by molar-refractivity contribution is 5.40. The molecule has 0 fully saturated rings. The van der Waals surface area contributed by atoms with Crippen molar-refractivity contribution in [3.8, 4) is 0 Å². The topological polar surface area (TPSA) is 38.0 Å². The van der Waals surface area contributed by atoms with Gasteiger partial charge in [0.25, 0.3) is 0 Å². The average molecular weight is 254 g/mol. The molecule has 0 amide bonds. The van der Waals surface area contributed by atoms with Crippen LogP contribution in [0.1, 0.15) is 27.8 Å². The molecule has 0 radical (unpaired) electrons. The molecule has 19 heavy (non-hydrogen) atoms. The maximum Gasteiger partial charge on any atom is 0.0314 e. The van der Waals surface area contributed by atoms with Gasteiger partial charge in [-0.25, -0.2) is 0 Å². The van der Waals surface area contributed by atoms with E-state index in [1.165, 1.54) is 27.8 Å². The molecule has 2 aromatic rings. The minimum Gasteiger partial charge on any atom is -0.399 e. The van der Waals surface area contributed by atoms with Crippen molar-refractivity contribution in [3.05, 3.63) is 64.2 Å². The number of nitrogens with two attached hydrogens (primary N) is 1. The number of aryl methyl sites for hydroxylation is 1. The quantitative estimate of drug-likeness (QED) is 0.820. The minimum atomic E-state index is 0.814. The Labute approximate surface area is 115 Å². The van der Waals surface area contributed by atoms with Gasteiger partial charge in [0.05, 0.1) is 0 Å². The summed E-state index contributed by atoms with van der Waals surface area (Å²) < 4.78 is 0. The molecule has 3 N–H and O–H groups in total. The van der Waals surface area contributed by atoms with Crippen molar-refractivity contribution < 1.29 is 0 Å². The SMILES string of the molecule is Cc1ccc(CNCc2ccc(N)cc2)c(C)c1C. The summed E-state index contributed by atoms with van der Waals surface area (Å²) in [4.78, 5) is 0. The van der Waals surface area contributed by atoms with Gasteiger partial charge in [-0.15, -0.1) is 0 Å². The second-order valence-corrected chi connectivity index (χ2v) is 5.14. The molecule has 0 aliphatic heterocycles. The Morgan fingerprint density at radius 2 is 1.53 bits per heavy atom. The molecule has 0 aromatic heterocycles. The van der Waals surface area contributed by atoms with Gasteiger partial charge < -0.3 is 11.1 Å². The summed E-state index contributed by atoms with van der Waals surface area (Å²) in [6.07, 6.45) is 0. The van der Waals surface area contributed by atoms with E-state index >= 15 is 0 Å². The fraction of sp³-hybridized carbons (Fsp3) is 0.294. The molecule has 2 rings (SSSR count). The van der Waals surface area contributed by atoms with E-state index in [9.17, 15) is 0 Å². The molecule has 0 unspecified atom stereocenters. The third-order valence-electron chi connectivity index (χ3n) is 3.79. The molecular formula is C17H22N2. The fourth-order valence-corrected chi connectivity index (χ4v) is 2.18. The summed E-state index contributed by atoms with van der Waals surface area (Å²) in [5.41, 5.74) is 13.3. The largest absolute Gasteiger partial charge is 0.399 e. The molecule has 2 aromatic carbocycles. The van der Waals surface area contributed by atoms with Crippen LogP contribution in [-0.4, -0.2) is 0 Å². The summed E-state index contributed by atoms with van der Waals surface area (Å²) >= 11 is 0. The van der Waals surface area contributed by atoms with Crippen LogP contribution in [0.4, 0.5) is 5.69 Å². The molecule has 0 spiro atoms. The van der Waals surface area contributed by atoms with E-state index < -0.39 is 0 Å². The Morgan fingerprint density at radius 3 is 2.21 bits per heavy atom. The van der Waals surface area contributed by atoms with E-state index in [0.717, 1.165) is 18.8 Å². The third-order valence-corrected chi connectivity index (χ3v) is 3.79. The number of rotatable bonds is 4. The lowest BCUT2D eigenvalue weighted by atomic mass is 9.99. The normalized spacial score (nSPS) is 10.7. The van der Waals surface area contributed by atoms with Crippen molar-refractivity contribution in [2.75, 3.05) is 5.73 Å². The molecule has 2 nitrogen and oxygen atoms in total. The van der Waals surface area contributed by atoms with Gasteiger partial charge in [0.1, 0.15) is 0 Å². The van der Waals surface area contributed by atoms with Crippen LogP contribution in [0.15, 0.2) is 36.4 Å². The lowest BCUT2D eigenvalue weighted by molar-refractivity contribution is 0.690. The maximum atomic E-state index is 5.68. The van der Waals surface area contributed by atoms with Crippen molar-refractivity contribution in [2.45, 2.75) is 33.9 Å². The number of benzene rings is 2. The van der Waals surface area contributed by atoms with E-state index in [0.29, 0.717) is 0 Å². The summed E-state index contributed by atoms with van der Waals surface area (Å²) in [6, 6.07) is 12.4. The first-order chi connectivity index (χ1) is 9.08. The average Bonchev–Trinajstić information content (AvgIpc) is 2.41. The minimum absolute atomic E-state index is 0.814. The lowest BCUT2D eigenvalue weighted by Gasteiger charge is -2.12. The maximum absolute atomic E-state index is 5.68. The van der Waals surface area contributed by atoms with E-state index in [1.807, 2.05) is 12.1 Å². The zero-order valence-corrected chi connectivity index (χ0v) is 12.0. The summed E-state index contributed by atoms with van der Waals surface area (Å²) in [7, 11) is 0. The highest BCUT2D eigenvalue weighted by Crippen LogP contribution is 2.17. The molecule has 0 bridgehead atoms. The van der Waals surface area contributed by atoms with Crippen LogP contribution in [0.2, 0.25) is 0 Å². The number of hydrogen-bond donors (Lipinski definition) is 2. The Bertz CT molecular complexity index is 556. The van der Waals surface area contributed by atoms with Gasteiger partial charge in [0.2, 0.25) is 0 Å². The number of nitrogens with one attached hydrogen (secondary N) is 1. The zero-order valence-electron chi connectivity index (χ0n) is 12.0. The monoisotopic (exact) mass is 254 g/mol. The van der Waals surface area contributed by atoms with E-state index in [1.54, 1.807) is 0 Å². The Hall–Kier alpha value is -1.80. The molecule has 0 saturated carbocycles. The van der Waals surface area contributed by atoms with Crippen molar-refractivity contribution in [1.29, 1.82) is 0 Å². The van der Waals surface area contributed by atoms with Crippen molar-refractivity contribution in [1.82, 2.24) is 5.32 Å². The first-order valence-electron chi connectivity index (χ1n) is 6.68. The molecule has 100 valence electrons. The van der Waals surface area contributed by atoms with Crippen LogP contribution >= 0.6 is 0 Å². The van der Waals surface area contributed by atoms with E-state index in [4.69, 9.17) is 5.73 Å². The van der Waals surface area contributed by atoms with Crippen LogP contribution in [0.25, 0.3) is 0 Å². The molecular weight excluding hydrogens is 232 g/mol.